The topological polar surface area (TPSA) is 93.0 Å². The fraction of sp³-hybridized carbons (Fsp3) is 0.364. The number of rotatable bonds is 6. The number of benzene rings is 1. The Bertz CT molecular complexity index is 1270. The van der Waals surface area contributed by atoms with Crippen molar-refractivity contribution in [2.45, 2.75) is 32.4 Å². The number of imidazole rings is 1. The molecule has 1 aromatic carbocycles. The maximum atomic E-state index is 6.35. The van der Waals surface area contributed by atoms with Crippen molar-refractivity contribution in [2.24, 2.45) is 0 Å². The third kappa shape index (κ3) is 3.42. The van der Waals surface area contributed by atoms with Gasteiger partial charge in [-0.15, -0.1) is 0 Å². The van der Waals surface area contributed by atoms with Gasteiger partial charge in [0.15, 0.2) is 6.10 Å². The molecule has 0 fully saturated rings. The zero-order valence-electron chi connectivity index (χ0n) is 18.2. The highest BCUT2D eigenvalue weighted by atomic mass is 35.5. The molecule has 32 heavy (non-hydrogen) atoms. The van der Waals surface area contributed by atoms with Gasteiger partial charge in [-0.25, -0.2) is 4.98 Å². The lowest BCUT2D eigenvalue weighted by Crippen LogP contribution is -2.08. The second-order valence-corrected chi connectivity index (χ2v) is 8.40. The van der Waals surface area contributed by atoms with E-state index < -0.39 is 6.10 Å². The first-order valence-electron chi connectivity index (χ1n) is 10.3. The minimum atomic E-state index is -0.443. The second kappa shape index (κ2) is 8.16. The molecular weight excluding hydrogens is 432 g/mol. The minimum absolute atomic E-state index is 0.237. The Hall–Kier alpha value is -3.01. The van der Waals surface area contributed by atoms with Crippen molar-refractivity contribution in [3.05, 3.63) is 52.9 Å². The molecule has 1 aliphatic rings. The van der Waals surface area contributed by atoms with Gasteiger partial charge in [0, 0.05) is 49.0 Å². The Kier molecular flexibility index (Phi) is 5.32. The van der Waals surface area contributed by atoms with Crippen molar-refractivity contribution in [2.75, 3.05) is 20.8 Å². The molecule has 0 spiro atoms. The van der Waals surface area contributed by atoms with E-state index in [4.69, 9.17) is 30.7 Å². The third-order valence-corrected chi connectivity index (χ3v) is 5.80. The van der Waals surface area contributed by atoms with Gasteiger partial charge in [-0.2, -0.15) is 10.1 Å². The molecule has 1 aliphatic heterocycles. The molecule has 3 aromatic heterocycles. The van der Waals surface area contributed by atoms with E-state index in [0.717, 1.165) is 28.2 Å². The number of aromatic nitrogens is 6. The Morgan fingerprint density at radius 3 is 2.81 bits per heavy atom. The SMILES string of the molecule is COCC(OC)c1nc(-c2ncn3c2Cc2cn(C(C)C)nc2-c2cc(Cl)ccc2-3)no1. The van der Waals surface area contributed by atoms with Crippen LogP contribution in [0.1, 0.15) is 43.1 Å². The van der Waals surface area contributed by atoms with Gasteiger partial charge in [0.2, 0.25) is 5.82 Å². The van der Waals surface area contributed by atoms with Crippen molar-refractivity contribution in [3.8, 4) is 28.5 Å². The summed E-state index contributed by atoms with van der Waals surface area (Å²) in [5.74, 6) is 0.752. The standard InChI is InChI=1S/C22H23ClN6O3/c1-12(2)29-9-13-7-17-20(21-25-22(32-27-21)18(31-4)10-30-3)24-11-28(17)16-6-5-14(23)8-15(16)19(13)26-29/h5-6,8-9,11-12,18H,7,10H2,1-4H3. The van der Waals surface area contributed by atoms with Crippen molar-refractivity contribution >= 4 is 11.6 Å². The predicted molar refractivity (Wildman–Crippen MR) is 118 cm³/mol. The highest BCUT2D eigenvalue weighted by Crippen LogP contribution is 2.38. The van der Waals surface area contributed by atoms with Crippen LogP contribution in [0.15, 0.2) is 35.2 Å². The Morgan fingerprint density at radius 1 is 1.22 bits per heavy atom. The summed E-state index contributed by atoms with van der Waals surface area (Å²) >= 11 is 6.35. The molecule has 4 heterocycles. The molecule has 166 valence electrons. The first-order chi connectivity index (χ1) is 15.5. The third-order valence-electron chi connectivity index (χ3n) is 5.57. The summed E-state index contributed by atoms with van der Waals surface area (Å²) in [7, 11) is 3.17. The van der Waals surface area contributed by atoms with Gasteiger partial charge >= 0.3 is 0 Å². The molecule has 0 radical (unpaired) electrons. The summed E-state index contributed by atoms with van der Waals surface area (Å²) in [6.07, 6.45) is 4.03. The molecular formula is C22H23ClN6O3. The van der Waals surface area contributed by atoms with Gasteiger partial charge in [0.1, 0.15) is 12.0 Å². The average Bonchev–Trinajstić information content (AvgIpc) is 3.49. The Labute approximate surface area is 189 Å². The van der Waals surface area contributed by atoms with Crippen LogP contribution in [0.3, 0.4) is 0 Å². The molecule has 0 bridgehead atoms. The van der Waals surface area contributed by atoms with E-state index in [0.29, 0.717) is 35.5 Å². The Balaban J connectivity index is 1.65. The predicted octanol–water partition coefficient (Wildman–Crippen LogP) is 4.26. The summed E-state index contributed by atoms with van der Waals surface area (Å²) in [5, 5.41) is 9.69. The van der Waals surface area contributed by atoms with E-state index in [1.165, 1.54) is 0 Å². The number of fused-ring (bicyclic) bond motifs is 5. The van der Waals surface area contributed by atoms with Gasteiger partial charge in [-0.05, 0) is 32.0 Å². The average molecular weight is 455 g/mol. The molecule has 4 aromatic rings. The minimum Gasteiger partial charge on any atom is -0.381 e. The number of nitrogens with zero attached hydrogens (tertiary/aromatic N) is 6. The normalized spacial score (nSPS) is 13.6. The van der Waals surface area contributed by atoms with E-state index in [9.17, 15) is 0 Å². The van der Waals surface area contributed by atoms with Crippen molar-refractivity contribution < 1.29 is 14.0 Å². The van der Waals surface area contributed by atoms with Crippen LogP contribution in [-0.4, -0.2) is 50.3 Å². The first-order valence-corrected chi connectivity index (χ1v) is 10.7. The number of methoxy groups -OCH3 is 2. The summed E-state index contributed by atoms with van der Waals surface area (Å²) < 4.78 is 20.0. The van der Waals surface area contributed by atoms with E-state index in [2.05, 4.69) is 35.2 Å². The van der Waals surface area contributed by atoms with Gasteiger partial charge in [-0.3, -0.25) is 4.68 Å². The molecule has 0 saturated carbocycles. The lowest BCUT2D eigenvalue weighted by atomic mass is 10.0. The molecule has 0 saturated heterocycles. The van der Waals surface area contributed by atoms with Crippen LogP contribution in [0.5, 0.6) is 0 Å². The maximum Gasteiger partial charge on any atom is 0.258 e. The van der Waals surface area contributed by atoms with Crippen molar-refractivity contribution in [1.82, 2.24) is 29.5 Å². The molecule has 9 nitrogen and oxygen atoms in total. The molecule has 10 heteroatoms. The van der Waals surface area contributed by atoms with Gasteiger partial charge in [0.25, 0.3) is 5.89 Å². The number of ether oxygens (including phenoxy) is 2. The summed E-state index contributed by atoms with van der Waals surface area (Å²) in [6, 6.07) is 6.04. The van der Waals surface area contributed by atoms with Gasteiger partial charge in [-0.1, -0.05) is 16.8 Å². The Morgan fingerprint density at radius 2 is 2.06 bits per heavy atom. The van der Waals surface area contributed by atoms with Crippen LogP contribution in [0, 0.1) is 0 Å². The van der Waals surface area contributed by atoms with Crippen LogP contribution in [0.2, 0.25) is 5.02 Å². The van der Waals surface area contributed by atoms with E-state index in [1.807, 2.05) is 27.4 Å². The van der Waals surface area contributed by atoms with Crippen LogP contribution >= 0.6 is 11.6 Å². The highest BCUT2D eigenvalue weighted by Gasteiger charge is 2.28. The maximum absolute atomic E-state index is 6.35. The number of hydrogen-bond acceptors (Lipinski definition) is 7. The number of halogens is 1. The van der Waals surface area contributed by atoms with Crippen molar-refractivity contribution in [3.63, 3.8) is 0 Å². The van der Waals surface area contributed by atoms with Crippen LogP contribution in [-0.2, 0) is 15.9 Å². The molecule has 0 amide bonds. The molecule has 0 aliphatic carbocycles. The number of hydrogen-bond donors (Lipinski definition) is 0. The van der Waals surface area contributed by atoms with Gasteiger partial charge < -0.3 is 18.6 Å². The van der Waals surface area contributed by atoms with Crippen molar-refractivity contribution in [1.29, 1.82) is 0 Å². The fourth-order valence-electron chi connectivity index (χ4n) is 3.93. The summed E-state index contributed by atoms with van der Waals surface area (Å²) in [6.45, 7) is 4.52. The lowest BCUT2D eigenvalue weighted by molar-refractivity contribution is 0.00809. The van der Waals surface area contributed by atoms with E-state index in [-0.39, 0.29) is 6.04 Å². The molecule has 5 rings (SSSR count). The monoisotopic (exact) mass is 454 g/mol. The van der Waals surface area contributed by atoms with Crippen LogP contribution < -0.4 is 0 Å². The largest absolute Gasteiger partial charge is 0.381 e. The first kappa shape index (κ1) is 20.9. The van der Waals surface area contributed by atoms with Gasteiger partial charge in [0.05, 0.1) is 23.7 Å². The quantitative estimate of drug-likeness (QED) is 0.378. The smallest absolute Gasteiger partial charge is 0.258 e. The second-order valence-electron chi connectivity index (χ2n) is 7.96. The van der Waals surface area contributed by atoms with Crippen LogP contribution in [0.4, 0.5) is 0 Å². The highest BCUT2D eigenvalue weighted by molar-refractivity contribution is 6.31. The molecule has 0 N–H and O–H groups in total. The molecule has 1 atom stereocenters. The molecule has 1 unspecified atom stereocenters. The fourth-order valence-corrected chi connectivity index (χ4v) is 4.10. The van der Waals surface area contributed by atoms with E-state index >= 15 is 0 Å². The van der Waals surface area contributed by atoms with Crippen LogP contribution in [0.25, 0.3) is 28.5 Å². The zero-order chi connectivity index (χ0) is 22.4. The van der Waals surface area contributed by atoms with E-state index in [1.54, 1.807) is 20.5 Å². The zero-order valence-corrected chi connectivity index (χ0v) is 19.0. The lowest BCUT2D eigenvalue weighted by Gasteiger charge is -2.10. The summed E-state index contributed by atoms with van der Waals surface area (Å²) in [4.78, 5) is 9.18. The summed E-state index contributed by atoms with van der Waals surface area (Å²) in [5.41, 5.74) is 5.51.